The molecule has 1 atom stereocenters. The summed E-state index contributed by atoms with van der Waals surface area (Å²) in [5, 5.41) is 0. The van der Waals surface area contributed by atoms with Crippen molar-refractivity contribution in [3.8, 4) is 0 Å². The van der Waals surface area contributed by atoms with E-state index in [9.17, 15) is 8.76 Å². The average molecular weight is 178 g/mol. The first-order chi connectivity index (χ1) is 4.76. The Morgan fingerprint density at radius 1 is 1.36 bits per heavy atom. The second-order valence-corrected chi connectivity index (χ2v) is 4.64. The molecule has 0 aliphatic heterocycles. The number of hydrogen-bond donors (Lipinski definition) is 0. The minimum Gasteiger partial charge on any atom is -0.760 e. The van der Waals surface area contributed by atoms with Gasteiger partial charge in [-0.05, 0) is 34.6 Å². The molecule has 0 spiro atoms. The summed E-state index contributed by atoms with van der Waals surface area (Å²) in [5.74, 6) is 0. The van der Waals surface area contributed by atoms with E-state index in [1.165, 1.54) is 4.31 Å². The second-order valence-electron chi connectivity index (χ2n) is 3.81. The van der Waals surface area contributed by atoms with Crippen molar-refractivity contribution >= 4 is 11.3 Å². The van der Waals surface area contributed by atoms with Crippen LogP contribution in [0.4, 0.5) is 0 Å². The lowest BCUT2D eigenvalue weighted by Gasteiger charge is -2.39. The smallest absolute Gasteiger partial charge is 0.0244 e. The summed E-state index contributed by atoms with van der Waals surface area (Å²) in [5.41, 5.74) is -0.319. The molecule has 0 saturated heterocycles. The molecule has 0 rings (SSSR count). The molecule has 0 heterocycles. The normalized spacial score (nSPS) is 16.0. The van der Waals surface area contributed by atoms with Crippen LogP contribution in [-0.2, 0) is 11.3 Å². The minimum absolute atomic E-state index is 0.0216. The Kier molecular flexibility index (Phi) is 3.67. The number of hydrogen-bond acceptors (Lipinski definition) is 2. The van der Waals surface area contributed by atoms with Crippen molar-refractivity contribution in [2.24, 2.45) is 0 Å². The van der Waals surface area contributed by atoms with Crippen LogP contribution >= 0.6 is 0 Å². The molecule has 0 saturated carbocycles. The molecule has 0 fully saturated rings. The third-order valence-electron chi connectivity index (χ3n) is 1.29. The summed E-state index contributed by atoms with van der Waals surface area (Å²) < 4.78 is 22.9. The van der Waals surface area contributed by atoms with Crippen molar-refractivity contribution in [2.75, 3.05) is 0 Å². The van der Waals surface area contributed by atoms with Gasteiger partial charge in [0, 0.05) is 22.8 Å². The molecule has 0 aromatic heterocycles. The van der Waals surface area contributed by atoms with E-state index in [1.807, 2.05) is 34.6 Å². The van der Waals surface area contributed by atoms with Crippen molar-refractivity contribution in [3.63, 3.8) is 0 Å². The highest BCUT2D eigenvalue weighted by Crippen LogP contribution is 2.17. The molecular weight excluding hydrogens is 162 g/mol. The van der Waals surface area contributed by atoms with Gasteiger partial charge >= 0.3 is 0 Å². The Morgan fingerprint density at radius 3 is 1.73 bits per heavy atom. The average Bonchev–Trinajstić information content (AvgIpc) is 1.54. The maximum atomic E-state index is 10.7. The van der Waals surface area contributed by atoms with Gasteiger partial charge in [0.05, 0.1) is 0 Å². The predicted molar refractivity (Wildman–Crippen MR) is 45.6 cm³/mol. The van der Waals surface area contributed by atoms with E-state index in [0.29, 0.717) is 0 Å². The van der Waals surface area contributed by atoms with Crippen LogP contribution in [0.5, 0.6) is 0 Å². The van der Waals surface area contributed by atoms with Crippen LogP contribution in [0.3, 0.4) is 0 Å². The lowest BCUT2D eigenvalue weighted by Crippen LogP contribution is -2.46. The van der Waals surface area contributed by atoms with Gasteiger partial charge in [-0.1, -0.05) is 0 Å². The lowest BCUT2D eigenvalue weighted by atomic mass is 10.1. The third-order valence-corrected chi connectivity index (χ3v) is 2.58. The highest BCUT2D eigenvalue weighted by molar-refractivity contribution is 7.76. The first-order valence-electron chi connectivity index (χ1n) is 3.65. The SMILES string of the molecule is CC(C)N(S(=O)[O-])C(C)(C)C. The van der Waals surface area contributed by atoms with Gasteiger partial charge < -0.3 is 4.55 Å². The zero-order valence-corrected chi connectivity index (χ0v) is 8.57. The molecule has 0 aromatic carbocycles. The molecule has 0 amide bonds. The Bertz CT molecular complexity index is 151. The first kappa shape index (κ1) is 11.1. The van der Waals surface area contributed by atoms with Gasteiger partial charge in [-0.3, -0.25) is 4.21 Å². The van der Waals surface area contributed by atoms with Crippen molar-refractivity contribution in [1.82, 2.24) is 4.31 Å². The molecule has 0 radical (unpaired) electrons. The van der Waals surface area contributed by atoms with Crippen LogP contribution in [0.15, 0.2) is 0 Å². The maximum Gasteiger partial charge on any atom is 0.0244 e. The summed E-state index contributed by atoms with van der Waals surface area (Å²) in [6.45, 7) is 9.36. The fraction of sp³-hybridized carbons (Fsp3) is 1.00. The fourth-order valence-electron chi connectivity index (χ4n) is 1.17. The minimum atomic E-state index is -2.12. The second kappa shape index (κ2) is 3.65. The topological polar surface area (TPSA) is 43.4 Å². The van der Waals surface area contributed by atoms with Crippen LogP contribution in [0.25, 0.3) is 0 Å². The molecule has 0 aromatic rings. The molecule has 11 heavy (non-hydrogen) atoms. The molecule has 1 unspecified atom stereocenters. The molecule has 3 nitrogen and oxygen atoms in total. The van der Waals surface area contributed by atoms with Gasteiger partial charge in [0.1, 0.15) is 0 Å². The van der Waals surface area contributed by atoms with Gasteiger partial charge in [0.15, 0.2) is 0 Å². The highest BCUT2D eigenvalue weighted by Gasteiger charge is 2.24. The van der Waals surface area contributed by atoms with E-state index in [2.05, 4.69) is 0 Å². The van der Waals surface area contributed by atoms with E-state index in [4.69, 9.17) is 0 Å². The van der Waals surface area contributed by atoms with Crippen LogP contribution < -0.4 is 0 Å². The van der Waals surface area contributed by atoms with E-state index in [-0.39, 0.29) is 11.6 Å². The zero-order valence-electron chi connectivity index (χ0n) is 7.75. The molecule has 0 aliphatic carbocycles. The summed E-state index contributed by atoms with van der Waals surface area (Å²) in [6.07, 6.45) is 0. The summed E-state index contributed by atoms with van der Waals surface area (Å²) >= 11 is -2.12. The third kappa shape index (κ3) is 3.31. The standard InChI is InChI=1S/C7H17NO2S/c1-6(2)8(11(9)10)7(3,4)5/h6H,1-5H3,(H,9,10)/p-1. The summed E-state index contributed by atoms with van der Waals surface area (Å²) in [6, 6.07) is 0.0216. The van der Waals surface area contributed by atoms with Crippen LogP contribution in [0.2, 0.25) is 0 Å². The van der Waals surface area contributed by atoms with Gasteiger partial charge in [-0.15, -0.1) is 0 Å². The van der Waals surface area contributed by atoms with E-state index in [0.717, 1.165) is 0 Å². The van der Waals surface area contributed by atoms with Crippen LogP contribution in [0.1, 0.15) is 34.6 Å². The van der Waals surface area contributed by atoms with Crippen LogP contribution in [0, 0.1) is 0 Å². The molecule has 0 aliphatic rings. The molecule has 68 valence electrons. The van der Waals surface area contributed by atoms with Gasteiger partial charge in [-0.25, -0.2) is 4.31 Å². The monoisotopic (exact) mass is 178 g/mol. The Balaban J connectivity index is 4.49. The van der Waals surface area contributed by atoms with Crippen molar-refractivity contribution in [3.05, 3.63) is 0 Å². The summed E-state index contributed by atoms with van der Waals surface area (Å²) in [4.78, 5) is 0. The Morgan fingerprint density at radius 2 is 1.73 bits per heavy atom. The van der Waals surface area contributed by atoms with E-state index < -0.39 is 11.3 Å². The first-order valence-corrected chi connectivity index (χ1v) is 4.68. The Labute approximate surface area is 71.2 Å². The summed E-state index contributed by atoms with van der Waals surface area (Å²) in [7, 11) is 0. The van der Waals surface area contributed by atoms with Gasteiger partial charge in [-0.2, -0.15) is 0 Å². The predicted octanol–water partition coefficient (Wildman–Crippen LogP) is 1.29. The Hall–Kier alpha value is 0.0700. The highest BCUT2D eigenvalue weighted by atomic mass is 32.2. The number of nitrogens with zero attached hydrogens (tertiary/aromatic N) is 1. The quantitative estimate of drug-likeness (QED) is 0.598. The van der Waals surface area contributed by atoms with E-state index in [1.54, 1.807) is 0 Å². The lowest BCUT2D eigenvalue weighted by molar-refractivity contribution is 0.204. The zero-order chi connectivity index (χ0) is 9.23. The van der Waals surface area contributed by atoms with Gasteiger partial charge in [0.25, 0.3) is 0 Å². The van der Waals surface area contributed by atoms with Crippen molar-refractivity contribution in [1.29, 1.82) is 0 Å². The molecule has 0 N–H and O–H groups in total. The largest absolute Gasteiger partial charge is 0.760 e. The van der Waals surface area contributed by atoms with Gasteiger partial charge in [0.2, 0.25) is 0 Å². The molecule has 0 bridgehead atoms. The molecular formula is C7H16NO2S-. The number of rotatable bonds is 2. The van der Waals surface area contributed by atoms with Crippen molar-refractivity contribution in [2.45, 2.75) is 46.2 Å². The van der Waals surface area contributed by atoms with E-state index >= 15 is 0 Å². The van der Waals surface area contributed by atoms with Crippen molar-refractivity contribution < 1.29 is 8.76 Å². The van der Waals surface area contributed by atoms with Crippen LogP contribution in [-0.4, -0.2) is 24.6 Å². The maximum absolute atomic E-state index is 10.7. The fourth-order valence-corrected chi connectivity index (χ4v) is 1.96. The molecule has 4 heteroatoms.